The Morgan fingerprint density at radius 3 is 2.87 bits per heavy atom. The van der Waals surface area contributed by atoms with Crippen molar-refractivity contribution in [2.24, 2.45) is 0 Å². The van der Waals surface area contributed by atoms with E-state index in [0.717, 1.165) is 61.1 Å². The number of likely N-dealkylation sites (tertiary alicyclic amines) is 1. The molecule has 2 fully saturated rings. The second-order valence-corrected chi connectivity index (χ2v) is 8.32. The van der Waals surface area contributed by atoms with Gasteiger partial charge in [0.25, 0.3) is 0 Å². The van der Waals surface area contributed by atoms with Crippen LogP contribution >= 0.6 is 0 Å². The summed E-state index contributed by atoms with van der Waals surface area (Å²) in [6, 6.07) is 10.6. The van der Waals surface area contributed by atoms with E-state index in [1.807, 2.05) is 24.4 Å². The number of carbonyl (C=O) groups excluding carboxylic acids is 1. The average molecular weight is 408 g/mol. The molecule has 7 heteroatoms. The van der Waals surface area contributed by atoms with Gasteiger partial charge in [0.1, 0.15) is 11.4 Å². The van der Waals surface area contributed by atoms with Gasteiger partial charge in [-0.15, -0.1) is 0 Å². The third kappa shape index (κ3) is 3.77. The van der Waals surface area contributed by atoms with E-state index in [9.17, 15) is 9.18 Å². The first-order valence-electron chi connectivity index (χ1n) is 10.5. The number of nitrogens with one attached hydrogen (secondary N) is 1. The summed E-state index contributed by atoms with van der Waals surface area (Å²) in [5, 5.41) is 0.957. The molecule has 1 spiro atoms. The van der Waals surface area contributed by atoms with Gasteiger partial charge in [-0.1, -0.05) is 6.07 Å². The minimum Gasteiger partial charge on any atom is -0.441 e. The lowest BCUT2D eigenvalue weighted by Crippen LogP contribution is -2.47. The molecule has 1 amide bonds. The smallest absolute Gasteiger partial charge is 0.410 e. The number of hydrogen-bond acceptors (Lipinski definition) is 4. The number of H-pyrrole nitrogens is 1. The summed E-state index contributed by atoms with van der Waals surface area (Å²) in [5.41, 5.74) is 2.60. The first kappa shape index (κ1) is 19.1. The Morgan fingerprint density at radius 2 is 2.07 bits per heavy atom. The molecule has 0 unspecified atom stereocenters. The van der Waals surface area contributed by atoms with Gasteiger partial charge >= 0.3 is 6.09 Å². The number of halogens is 1. The number of hydrogen-bond donors (Lipinski definition) is 1. The number of benzene rings is 1. The number of amides is 1. The van der Waals surface area contributed by atoms with Crippen molar-refractivity contribution in [2.75, 3.05) is 26.2 Å². The number of ether oxygens (including phenoxy) is 1. The fraction of sp³-hybridized carbons (Fsp3) is 0.391. The zero-order valence-electron chi connectivity index (χ0n) is 16.8. The van der Waals surface area contributed by atoms with Gasteiger partial charge in [-0.2, -0.15) is 0 Å². The zero-order chi connectivity index (χ0) is 20.6. The second-order valence-electron chi connectivity index (χ2n) is 8.32. The van der Waals surface area contributed by atoms with Gasteiger partial charge in [0.2, 0.25) is 0 Å². The molecule has 5 rings (SSSR count). The average Bonchev–Trinajstić information content (AvgIpc) is 3.29. The van der Waals surface area contributed by atoms with Crippen molar-refractivity contribution in [3.05, 3.63) is 65.9 Å². The number of aromatic amines is 1. The van der Waals surface area contributed by atoms with Gasteiger partial charge in [0, 0.05) is 55.8 Å². The highest BCUT2D eigenvalue weighted by Gasteiger charge is 2.46. The van der Waals surface area contributed by atoms with Crippen LogP contribution in [0.1, 0.15) is 24.1 Å². The van der Waals surface area contributed by atoms with E-state index in [0.29, 0.717) is 13.1 Å². The quantitative estimate of drug-likeness (QED) is 0.699. The normalized spacial score (nSPS) is 19.0. The molecule has 30 heavy (non-hydrogen) atoms. The van der Waals surface area contributed by atoms with Crippen LogP contribution in [0.25, 0.3) is 10.9 Å². The maximum absolute atomic E-state index is 13.6. The zero-order valence-corrected chi connectivity index (χ0v) is 16.8. The SMILES string of the molecule is O=C1OC2(CCN(CCc3c[nH]c4ccc(F)cc34)CC2)CN1Cc1ccccn1. The lowest BCUT2D eigenvalue weighted by molar-refractivity contribution is 0.00102. The van der Waals surface area contributed by atoms with Crippen molar-refractivity contribution in [3.8, 4) is 0 Å². The predicted molar refractivity (Wildman–Crippen MR) is 111 cm³/mol. The maximum Gasteiger partial charge on any atom is 0.410 e. The number of piperidine rings is 1. The Kier molecular flexibility index (Phi) is 4.90. The van der Waals surface area contributed by atoms with Gasteiger partial charge < -0.3 is 14.6 Å². The molecular formula is C23H25FN4O2. The fourth-order valence-corrected chi connectivity index (χ4v) is 4.58. The summed E-state index contributed by atoms with van der Waals surface area (Å²) in [7, 11) is 0. The van der Waals surface area contributed by atoms with Crippen molar-refractivity contribution < 1.29 is 13.9 Å². The first-order chi connectivity index (χ1) is 14.6. The molecule has 0 atom stereocenters. The van der Waals surface area contributed by atoms with E-state index in [4.69, 9.17) is 4.74 Å². The summed E-state index contributed by atoms with van der Waals surface area (Å²) in [6.45, 7) is 3.80. The Labute approximate surface area is 174 Å². The third-order valence-electron chi connectivity index (χ3n) is 6.31. The Balaban J connectivity index is 1.16. The number of carbonyl (C=O) groups is 1. The minimum absolute atomic E-state index is 0.207. The van der Waals surface area contributed by atoms with Gasteiger partial charge in [0.05, 0.1) is 18.8 Å². The van der Waals surface area contributed by atoms with Crippen LogP contribution in [0.15, 0.2) is 48.8 Å². The Morgan fingerprint density at radius 1 is 1.20 bits per heavy atom. The summed E-state index contributed by atoms with van der Waals surface area (Å²) in [4.78, 5) is 24.1. The Bertz CT molecular complexity index is 1040. The summed E-state index contributed by atoms with van der Waals surface area (Å²) >= 11 is 0. The summed E-state index contributed by atoms with van der Waals surface area (Å²) in [6.07, 6.45) is 6.01. The van der Waals surface area contributed by atoms with Crippen molar-refractivity contribution in [1.82, 2.24) is 19.8 Å². The molecular weight excluding hydrogens is 383 g/mol. The molecule has 0 radical (unpaired) electrons. The Hall–Kier alpha value is -2.93. The summed E-state index contributed by atoms with van der Waals surface area (Å²) in [5.74, 6) is -0.207. The molecule has 2 aromatic heterocycles. The van der Waals surface area contributed by atoms with Crippen molar-refractivity contribution in [2.45, 2.75) is 31.4 Å². The van der Waals surface area contributed by atoms with E-state index in [2.05, 4.69) is 14.9 Å². The highest BCUT2D eigenvalue weighted by Crippen LogP contribution is 2.34. The lowest BCUT2D eigenvalue weighted by atomic mass is 9.91. The van der Waals surface area contributed by atoms with Gasteiger partial charge in [-0.05, 0) is 42.3 Å². The van der Waals surface area contributed by atoms with E-state index in [-0.39, 0.29) is 17.5 Å². The van der Waals surface area contributed by atoms with Crippen LogP contribution in [0.4, 0.5) is 9.18 Å². The number of fused-ring (bicyclic) bond motifs is 1. The van der Waals surface area contributed by atoms with E-state index < -0.39 is 0 Å². The molecule has 2 saturated heterocycles. The molecule has 3 aromatic rings. The standard InChI is InChI=1S/C23H25FN4O2/c24-18-4-5-21-20(13-18)17(14-26-21)6-10-27-11-7-23(8-12-27)16-28(22(29)30-23)15-19-3-1-2-9-25-19/h1-5,9,13-14,26H,6-8,10-12,15-16H2. The molecule has 0 aliphatic carbocycles. The van der Waals surface area contributed by atoms with Gasteiger partial charge in [-0.3, -0.25) is 9.88 Å². The molecule has 6 nitrogen and oxygen atoms in total. The fourth-order valence-electron chi connectivity index (χ4n) is 4.58. The number of rotatable bonds is 5. The maximum atomic E-state index is 13.6. The van der Waals surface area contributed by atoms with Crippen molar-refractivity contribution >= 4 is 17.0 Å². The highest BCUT2D eigenvalue weighted by molar-refractivity contribution is 5.83. The number of aromatic nitrogens is 2. The molecule has 1 N–H and O–H groups in total. The first-order valence-corrected chi connectivity index (χ1v) is 10.5. The monoisotopic (exact) mass is 408 g/mol. The molecule has 1 aromatic carbocycles. The molecule has 2 aliphatic rings. The largest absolute Gasteiger partial charge is 0.441 e. The second kappa shape index (κ2) is 7.72. The number of nitrogens with zero attached hydrogens (tertiary/aromatic N) is 3. The van der Waals surface area contributed by atoms with E-state index >= 15 is 0 Å². The van der Waals surface area contributed by atoms with E-state index in [1.165, 1.54) is 6.07 Å². The number of pyridine rings is 1. The third-order valence-corrected chi connectivity index (χ3v) is 6.31. The minimum atomic E-state index is -0.383. The molecule has 2 aliphatic heterocycles. The molecule has 4 heterocycles. The van der Waals surface area contributed by atoms with Crippen LogP contribution in [0.5, 0.6) is 0 Å². The highest BCUT2D eigenvalue weighted by atomic mass is 19.1. The molecule has 0 saturated carbocycles. The van der Waals surface area contributed by atoms with Crippen LogP contribution in [-0.2, 0) is 17.7 Å². The van der Waals surface area contributed by atoms with Crippen molar-refractivity contribution in [3.63, 3.8) is 0 Å². The lowest BCUT2D eigenvalue weighted by Gasteiger charge is -2.37. The molecule has 0 bridgehead atoms. The van der Waals surface area contributed by atoms with Crippen LogP contribution in [0, 0.1) is 5.82 Å². The van der Waals surface area contributed by atoms with Gasteiger partial charge in [-0.25, -0.2) is 9.18 Å². The topological polar surface area (TPSA) is 61.5 Å². The van der Waals surface area contributed by atoms with Crippen LogP contribution in [0.2, 0.25) is 0 Å². The van der Waals surface area contributed by atoms with E-state index in [1.54, 1.807) is 23.2 Å². The summed E-state index contributed by atoms with van der Waals surface area (Å²) < 4.78 is 19.4. The predicted octanol–water partition coefficient (Wildman–Crippen LogP) is 3.73. The van der Waals surface area contributed by atoms with Crippen LogP contribution in [0.3, 0.4) is 0 Å². The van der Waals surface area contributed by atoms with Gasteiger partial charge in [0.15, 0.2) is 0 Å². The van der Waals surface area contributed by atoms with Crippen LogP contribution in [-0.4, -0.2) is 57.6 Å². The van der Waals surface area contributed by atoms with Crippen molar-refractivity contribution in [1.29, 1.82) is 0 Å². The molecule has 156 valence electrons. The van der Waals surface area contributed by atoms with Crippen LogP contribution < -0.4 is 0 Å².